The number of para-hydroxylation sites is 1. The van der Waals surface area contributed by atoms with Gasteiger partial charge in [0.1, 0.15) is 5.56 Å². The summed E-state index contributed by atoms with van der Waals surface area (Å²) in [5, 5.41) is 9.00. The summed E-state index contributed by atoms with van der Waals surface area (Å²) in [5.74, 6) is -0.774. The first kappa shape index (κ1) is 10.5. The van der Waals surface area contributed by atoms with Crippen molar-refractivity contribution in [3.8, 4) is 5.75 Å². The van der Waals surface area contributed by atoms with Crippen LogP contribution in [0.15, 0.2) is 18.2 Å². The molecule has 0 spiro atoms. The van der Waals surface area contributed by atoms with Crippen LogP contribution in [0, 0.1) is 0 Å². The van der Waals surface area contributed by atoms with Gasteiger partial charge >= 0.3 is 5.97 Å². The number of nitrogens with zero attached hydrogens (tertiary/aromatic N) is 1. The van der Waals surface area contributed by atoms with Gasteiger partial charge in [0.05, 0.1) is 12.3 Å². The van der Waals surface area contributed by atoms with Gasteiger partial charge in [0.25, 0.3) is 0 Å². The van der Waals surface area contributed by atoms with E-state index in [2.05, 4.69) is 0 Å². The number of hydrogen-bond donors (Lipinski definition) is 1. The highest BCUT2D eigenvalue weighted by Gasteiger charge is 2.21. The van der Waals surface area contributed by atoms with E-state index in [0.717, 1.165) is 0 Å². The van der Waals surface area contributed by atoms with Gasteiger partial charge in [-0.15, -0.1) is 0 Å². The molecular formula is C11H11NO4. The Morgan fingerprint density at radius 3 is 3.00 bits per heavy atom. The summed E-state index contributed by atoms with van der Waals surface area (Å²) in [5.41, 5.74) is 0.610. The molecule has 5 nitrogen and oxygen atoms in total. The second-order valence-electron chi connectivity index (χ2n) is 3.46. The predicted octanol–water partition coefficient (Wildman–Crippen LogP) is 1.13. The molecule has 5 heteroatoms. The number of fused-ring (bicyclic) bond motifs is 1. The lowest BCUT2D eigenvalue weighted by Gasteiger charge is -2.16. The van der Waals surface area contributed by atoms with Crippen LogP contribution in [0.1, 0.15) is 16.8 Å². The molecule has 0 bridgehead atoms. The predicted molar refractivity (Wildman–Crippen MR) is 56.9 cm³/mol. The summed E-state index contributed by atoms with van der Waals surface area (Å²) in [7, 11) is 0. The van der Waals surface area contributed by atoms with E-state index >= 15 is 0 Å². The Morgan fingerprint density at radius 1 is 1.50 bits per heavy atom. The lowest BCUT2D eigenvalue weighted by molar-refractivity contribution is -0.107. The SMILES string of the molecule is O=CN1CCCOc2c(C(=O)O)cccc21. The van der Waals surface area contributed by atoms with E-state index in [1.54, 1.807) is 12.1 Å². The van der Waals surface area contributed by atoms with Crippen molar-refractivity contribution in [1.82, 2.24) is 0 Å². The van der Waals surface area contributed by atoms with Crippen molar-refractivity contribution in [2.45, 2.75) is 6.42 Å². The highest BCUT2D eigenvalue weighted by atomic mass is 16.5. The zero-order chi connectivity index (χ0) is 11.5. The van der Waals surface area contributed by atoms with Crippen LogP contribution in [0.4, 0.5) is 5.69 Å². The summed E-state index contributed by atoms with van der Waals surface area (Å²) >= 11 is 0. The number of amides is 1. The quantitative estimate of drug-likeness (QED) is 0.760. The van der Waals surface area contributed by atoms with Gasteiger partial charge < -0.3 is 14.7 Å². The molecule has 1 N–H and O–H groups in total. The van der Waals surface area contributed by atoms with Crippen LogP contribution in [0.2, 0.25) is 0 Å². The summed E-state index contributed by atoms with van der Waals surface area (Å²) in [4.78, 5) is 23.3. The van der Waals surface area contributed by atoms with Gasteiger partial charge in [-0.25, -0.2) is 4.79 Å². The molecule has 0 aromatic heterocycles. The van der Waals surface area contributed by atoms with E-state index in [4.69, 9.17) is 9.84 Å². The second kappa shape index (κ2) is 4.22. The van der Waals surface area contributed by atoms with Gasteiger partial charge in [-0.2, -0.15) is 0 Å². The molecular weight excluding hydrogens is 210 g/mol. The molecule has 16 heavy (non-hydrogen) atoms. The smallest absolute Gasteiger partial charge is 0.339 e. The average Bonchev–Trinajstić information content (AvgIpc) is 2.49. The maximum Gasteiger partial charge on any atom is 0.339 e. The van der Waals surface area contributed by atoms with Gasteiger partial charge in [-0.1, -0.05) is 6.07 Å². The Kier molecular flexibility index (Phi) is 2.76. The van der Waals surface area contributed by atoms with Crippen LogP contribution in [0.5, 0.6) is 5.75 Å². The van der Waals surface area contributed by atoms with Gasteiger partial charge in [0.2, 0.25) is 6.41 Å². The van der Waals surface area contributed by atoms with Crippen LogP contribution in [-0.2, 0) is 4.79 Å². The minimum absolute atomic E-state index is 0.0891. The van der Waals surface area contributed by atoms with E-state index < -0.39 is 5.97 Å². The van der Waals surface area contributed by atoms with Gasteiger partial charge in [-0.05, 0) is 18.6 Å². The molecule has 0 unspecified atom stereocenters. The molecule has 0 fully saturated rings. The van der Waals surface area contributed by atoms with Crippen molar-refractivity contribution >= 4 is 18.1 Å². The highest BCUT2D eigenvalue weighted by molar-refractivity contribution is 5.95. The van der Waals surface area contributed by atoms with Crippen molar-refractivity contribution < 1.29 is 19.4 Å². The number of carbonyl (C=O) groups is 2. The van der Waals surface area contributed by atoms with Crippen LogP contribution >= 0.6 is 0 Å². The molecule has 1 aromatic rings. The Hall–Kier alpha value is -2.04. The van der Waals surface area contributed by atoms with E-state index in [-0.39, 0.29) is 11.3 Å². The largest absolute Gasteiger partial charge is 0.490 e. The number of carboxylic acids is 1. The standard InChI is InChI=1S/C11H11NO4/c13-7-12-5-2-6-16-10-8(11(14)15)3-1-4-9(10)12/h1,3-4,7H,2,5-6H2,(H,14,15). The molecule has 0 saturated heterocycles. The zero-order valence-electron chi connectivity index (χ0n) is 8.55. The number of aromatic carboxylic acids is 1. The third-order valence-corrected chi connectivity index (χ3v) is 2.45. The second-order valence-corrected chi connectivity index (χ2v) is 3.46. The monoisotopic (exact) mass is 221 g/mol. The first-order valence-corrected chi connectivity index (χ1v) is 4.95. The summed E-state index contributed by atoms with van der Waals surface area (Å²) in [6.45, 7) is 0.960. The maximum absolute atomic E-state index is 11.0. The third kappa shape index (κ3) is 1.71. The van der Waals surface area contributed by atoms with Crippen molar-refractivity contribution in [2.24, 2.45) is 0 Å². The third-order valence-electron chi connectivity index (χ3n) is 2.45. The fraction of sp³-hybridized carbons (Fsp3) is 0.273. The fourth-order valence-corrected chi connectivity index (χ4v) is 1.71. The minimum Gasteiger partial charge on any atom is -0.490 e. The Morgan fingerprint density at radius 2 is 2.31 bits per heavy atom. The summed E-state index contributed by atoms with van der Waals surface area (Å²) in [6.07, 6.45) is 1.38. The highest BCUT2D eigenvalue weighted by Crippen LogP contribution is 2.33. The topological polar surface area (TPSA) is 66.8 Å². The van der Waals surface area contributed by atoms with E-state index in [0.29, 0.717) is 31.7 Å². The number of benzene rings is 1. The lowest BCUT2D eigenvalue weighted by atomic mass is 10.1. The number of anilines is 1. The van der Waals surface area contributed by atoms with E-state index in [9.17, 15) is 9.59 Å². The number of carbonyl (C=O) groups excluding carboxylic acids is 1. The fourth-order valence-electron chi connectivity index (χ4n) is 1.71. The average molecular weight is 221 g/mol. The molecule has 1 heterocycles. The molecule has 1 aliphatic heterocycles. The summed E-state index contributed by atoms with van der Waals surface area (Å²) < 4.78 is 5.39. The van der Waals surface area contributed by atoms with E-state index in [1.165, 1.54) is 11.0 Å². The van der Waals surface area contributed by atoms with Crippen molar-refractivity contribution in [1.29, 1.82) is 0 Å². The first-order valence-electron chi connectivity index (χ1n) is 4.95. The molecule has 0 saturated carbocycles. The minimum atomic E-state index is -1.05. The van der Waals surface area contributed by atoms with Gasteiger partial charge in [-0.3, -0.25) is 4.79 Å². The van der Waals surface area contributed by atoms with Crippen LogP contribution in [0.3, 0.4) is 0 Å². The van der Waals surface area contributed by atoms with Crippen LogP contribution < -0.4 is 9.64 Å². The molecule has 0 radical (unpaired) electrons. The number of hydrogen-bond acceptors (Lipinski definition) is 3. The molecule has 1 aromatic carbocycles. The maximum atomic E-state index is 11.0. The molecule has 1 aliphatic rings. The van der Waals surface area contributed by atoms with Gasteiger partial charge in [0.15, 0.2) is 5.75 Å². The zero-order valence-corrected chi connectivity index (χ0v) is 8.55. The van der Waals surface area contributed by atoms with Crippen LogP contribution in [-0.4, -0.2) is 30.6 Å². The number of carboxylic acid groups (broad SMARTS) is 1. The van der Waals surface area contributed by atoms with Crippen LogP contribution in [0.25, 0.3) is 0 Å². The molecule has 84 valence electrons. The molecule has 2 rings (SSSR count). The van der Waals surface area contributed by atoms with Crippen molar-refractivity contribution in [3.63, 3.8) is 0 Å². The number of rotatable bonds is 2. The lowest BCUT2D eigenvalue weighted by Crippen LogP contribution is -2.21. The Bertz CT molecular complexity index is 430. The number of ether oxygens (including phenoxy) is 1. The van der Waals surface area contributed by atoms with Gasteiger partial charge in [0, 0.05) is 6.54 Å². The molecule has 1 amide bonds. The normalized spacial score (nSPS) is 14.6. The molecule has 0 atom stereocenters. The molecule has 0 aliphatic carbocycles. The Labute approximate surface area is 92.2 Å². The Balaban J connectivity index is 2.55. The van der Waals surface area contributed by atoms with E-state index in [1.807, 2.05) is 0 Å². The van der Waals surface area contributed by atoms with Crippen molar-refractivity contribution in [2.75, 3.05) is 18.1 Å². The first-order chi connectivity index (χ1) is 7.74. The van der Waals surface area contributed by atoms with Crippen molar-refractivity contribution in [3.05, 3.63) is 23.8 Å². The summed E-state index contributed by atoms with van der Waals surface area (Å²) in [6, 6.07) is 4.75.